The first-order valence-corrected chi connectivity index (χ1v) is 18.2. The number of alkyl halides is 2. The average molecular weight is 789 g/mol. The van der Waals surface area contributed by atoms with Gasteiger partial charge in [0.05, 0.1) is 20.9 Å². The van der Waals surface area contributed by atoms with Gasteiger partial charge in [-0.2, -0.15) is 5.12 Å². The zero-order chi connectivity index (χ0) is 43.2. The van der Waals surface area contributed by atoms with Crippen molar-refractivity contribution in [2.45, 2.75) is 111 Å². The van der Waals surface area contributed by atoms with E-state index >= 15 is 4.48 Å². The lowest BCUT2D eigenvalue weighted by molar-refractivity contribution is -0.166. The number of hydrogen-bond donors (Lipinski definition) is 3. The Balaban J connectivity index is 0. The van der Waals surface area contributed by atoms with E-state index in [1.165, 1.54) is 23.9 Å². The Morgan fingerprint density at radius 1 is 0.909 bits per heavy atom. The first-order valence-electron chi connectivity index (χ1n) is 18.2. The number of likely N-dealkylation sites (N-methyl/N-ethyl adjacent to an activating group) is 1. The molecule has 0 aromatic heterocycles. The molecule has 1 aliphatic rings. The lowest BCUT2D eigenvalue weighted by Gasteiger charge is -2.33. The van der Waals surface area contributed by atoms with Crippen molar-refractivity contribution >= 4 is 41.4 Å². The Labute approximate surface area is 324 Å². The fraction of sp³-hybridized carbons (Fsp3) is 0.658. The van der Waals surface area contributed by atoms with E-state index in [9.17, 15) is 42.3 Å². The monoisotopic (exact) mass is 788 g/mol. The third-order valence-corrected chi connectivity index (χ3v) is 7.67. The minimum Gasteiger partial charge on any atom is -0.444 e. The summed E-state index contributed by atoms with van der Waals surface area (Å²) >= 11 is 0. The van der Waals surface area contributed by atoms with E-state index in [4.69, 9.17) is 4.74 Å². The summed E-state index contributed by atoms with van der Waals surface area (Å²) in [6.07, 6.45) is -0.572. The van der Waals surface area contributed by atoms with Crippen molar-refractivity contribution in [2.75, 3.05) is 41.5 Å². The highest BCUT2D eigenvalue weighted by Gasteiger charge is 2.44. The van der Waals surface area contributed by atoms with Crippen LogP contribution in [0.4, 0.5) is 18.1 Å². The number of halogens is 3. The summed E-state index contributed by atoms with van der Waals surface area (Å²) in [6.45, 7) is 15.2. The normalized spacial score (nSPS) is 14.9. The van der Waals surface area contributed by atoms with Gasteiger partial charge in [0.1, 0.15) is 29.8 Å². The molecule has 17 heteroatoms. The van der Waals surface area contributed by atoms with Gasteiger partial charge in [0.25, 0.3) is 11.8 Å². The number of hydrogen-bond acceptors (Lipinski definition) is 8. The zero-order valence-corrected chi connectivity index (χ0v) is 34.6. The number of ether oxygens (including phenoxy) is 1. The third-order valence-electron chi connectivity index (χ3n) is 7.67. The Morgan fingerprint density at radius 3 is 1.93 bits per heavy atom. The number of ketones is 1. The molecule has 4 unspecified atom stereocenters. The summed E-state index contributed by atoms with van der Waals surface area (Å²) in [6, 6.07) is 3.19. The maximum atomic E-state index is 15.9. The van der Waals surface area contributed by atoms with Gasteiger partial charge >= 0.3 is 6.09 Å². The van der Waals surface area contributed by atoms with Crippen molar-refractivity contribution in [1.82, 2.24) is 30.9 Å². The van der Waals surface area contributed by atoms with Crippen LogP contribution in [0, 0.1) is 11.8 Å². The molecule has 1 aliphatic heterocycles. The molecule has 6 amide bonds. The Hall–Kier alpha value is -4.70. The summed E-state index contributed by atoms with van der Waals surface area (Å²) in [4.78, 5) is 93.7. The summed E-state index contributed by atoms with van der Waals surface area (Å²) < 4.78 is 40.2. The smallest absolute Gasteiger partial charge is 0.408 e. The van der Waals surface area contributed by atoms with E-state index < -0.39 is 83.6 Å². The van der Waals surface area contributed by atoms with Gasteiger partial charge < -0.3 is 30.5 Å². The molecule has 0 saturated carbocycles. The van der Waals surface area contributed by atoms with E-state index in [0.717, 1.165) is 0 Å². The van der Waals surface area contributed by atoms with Gasteiger partial charge in [-0.15, -0.1) is 0 Å². The average Bonchev–Trinajstić information content (AvgIpc) is 3.64. The number of carbonyl (C=O) groups excluding carboxylic acids is 7. The van der Waals surface area contributed by atoms with E-state index in [-0.39, 0.29) is 30.4 Å². The van der Waals surface area contributed by atoms with Gasteiger partial charge in [0.2, 0.25) is 23.5 Å². The molecule has 1 heterocycles. The van der Waals surface area contributed by atoms with Gasteiger partial charge in [-0.1, -0.05) is 76.4 Å². The number of nitrogens with zero attached hydrogens (tertiary/aromatic N) is 3. The molecule has 0 aliphatic carbocycles. The summed E-state index contributed by atoms with van der Waals surface area (Å²) in [7, 11) is 4.04. The molecular weight excluding hydrogens is 725 g/mol. The van der Waals surface area contributed by atoms with E-state index in [0.29, 0.717) is 26.3 Å². The van der Waals surface area contributed by atoms with Gasteiger partial charge in [-0.25, -0.2) is 4.79 Å². The summed E-state index contributed by atoms with van der Waals surface area (Å²) in [5.74, 6) is -6.31. The number of amides is 6. The lowest BCUT2D eigenvalue weighted by Crippen LogP contribution is -2.57. The first kappa shape index (κ1) is 52.4. The number of alkyl carbamates (subject to hydrolysis) is 1. The fourth-order valence-corrected chi connectivity index (χ4v) is 5.26. The second-order valence-electron chi connectivity index (χ2n) is 14.0. The molecule has 55 heavy (non-hydrogen) atoms. The number of benzene rings is 1. The Kier molecular flexibility index (Phi) is 24.9. The van der Waals surface area contributed by atoms with E-state index in [1.54, 1.807) is 78.8 Å². The minimum absolute atomic E-state index is 0.103. The molecular formula is C38H63F3N6O8. The highest BCUT2D eigenvalue weighted by molar-refractivity contribution is 6.38. The van der Waals surface area contributed by atoms with Crippen molar-refractivity contribution in [3.8, 4) is 0 Å². The molecule has 2 rings (SSSR count). The molecule has 0 bridgehead atoms. The molecule has 3 N–H and O–H groups in total. The predicted octanol–water partition coefficient (Wildman–Crippen LogP) is 4.48. The Bertz CT molecular complexity index is 1380. The number of nitrogens with one attached hydrogen (secondary N) is 3. The zero-order valence-electron chi connectivity index (χ0n) is 34.6. The summed E-state index contributed by atoms with van der Waals surface area (Å²) in [5, 5.41) is 6.95. The SMILES string of the molecule is CC.CC(C)CC(C(=O)C(=O)NCC(=O)NC(C(=O)N(C)C)c1ccccc1)N(F)C(=O)C1CCCN1C(=O)C(NC(=O)OC(C)(C)C)C(C)C.CF.CF. The molecule has 1 fully saturated rings. The molecule has 1 aromatic rings. The van der Waals surface area contributed by atoms with Crippen molar-refractivity contribution in [3.05, 3.63) is 35.9 Å². The van der Waals surface area contributed by atoms with Crippen LogP contribution in [0.5, 0.6) is 0 Å². The highest BCUT2D eigenvalue weighted by Crippen LogP contribution is 2.25. The maximum absolute atomic E-state index is 15.9. The molecule has 1 saturated heterocycles. The quantitative estimate of drug-likeness (QED) is 0.183. The van der Waals surface area contributed by atoms with E-state index in [1.807, 2.05) is 13.8 Å². The van der Waals surface area contributed by atoms with Crippen LogP contribution >= 0.6 is 0 Å². The van der Waals surface area contributed by atoms with Crippen LogP contribution in [0.2, 0.25) is 0 Å². The van der Waals surface area contributed by atoms with Crippen molar-refractivity contribution in [3.63, 3.8) is 0 Å². The number of carbonyl (C=O) groups is 7. The summed E-state index contributed by atoms with van der Waals surface area (Å²) in [5.41, 5.74) is -0.320. The van der Waals surface area contributed by atoms with Crippen molar-refractivity contribution in [1.29, 1.82) is 0 Å². The van der Waals surface area contributed by atoms with Crippen LogP contribution in [0.15, 0.2) is 30.3 Å². The maximum Gasteiger partial charge on any atom is 0.408 e. The largest absolute Gasteiger partial charge is 0.444 e. The molecule has 14 nitrogen and oxygen atoms in total. The second kappa shape index (κ2) is 26.2. The van der Waals surface area contributed by atoms with Crippen LogP contribution in [-0.4, -0.2) is 122 Å². The minimum atomic E-state index is -1.83. The molecule has 4 atom stereocenters. The molecule has 0 spiro atoms. The van der Waals surface area contributed by atoms with E-state index in [2.05, 4.69) is 16.0 Å². The van der Waals surface area contributed by atoms with Gasteiger partial charge in [0, 0.05) is 20.6 Å². The van der Waals surface area contributed by atoms with Crippen LogP contribution in [0.25, 0.3) is 0 Å². The molecule has 1 aromatic carbocycles. The first-order chi connectivity index (χ1) is 25.7. The topological polar surface area (TPSA) is 175 Å². The van der Waals surface area contributed by atoms with Crippen molar-refractivity contribution in [2.24, 2.45) is 11.8 Å². The lowest BCUT2D eigenvalue weighted by atomic mass is 9.98. The van der Waals surface area contributed by atoms with Gasteiger partial charge in [0.15, 0.2) is 0 Å². The molecule has 314 valence electrons. The highest BCUT2D eigenvalue weighted by atomic mass is 19.2. The van der Waals surface area contributed by atoms with Gasteiger partial charge in [-0.3, -0.25) is 37.5 Å². The van der Waals surface area contributed by atoms with Crippen LogP contribution in [0.1, 0.15) is 93.2 Å². The van der Waals surface area contributed by atoms with Gasteiger partial charge in [-0.05, 0) is 57.4 Å². The fourth-order valence-electron chi connectivity index (χ4n) is 5.26. The van der Waals surface area contributed by atoms with Crippen molar-refractivity contribution < 1.29 is 51.6 Å². The van der Waals surface area contributed by atoms with Crippen LogP contribution in [-0.2, 0) is 33.5 Å². The molecule has 0 radical (unpaired) electrons. The van der Waals surface area contributed by atoms with Crippen LogP contribution in [0.3, 0.4) is 0 Å². The predicted molar refractivity (Wildman–Crippen MR) is 203 cm³/mol. The number of likely N-dealkylation sites (tertiary alicyclic amines) is 1. The third kappa shape index (κ3) is 17.5. The number of rotatable bonds is 14. The Morgan fingerprint density at radius 2 is 1.45 bits per heavy atom. The standard InChI is InChI=1S/C34H51FN6O8.C2H6.2CH3F/c1-20(2)18-24(28(43)29(44)36-19-25(42)37-27(31(46)39(8)9)22-14-11-10-12-15-22)41(35)30(45)23-16-13-17-40(23)32(47)26(21(3)4)38-33(48)49-34(5,6)7;3*1-2/h10-12,14-15,20-21,23-24,26-27H,13,16-19H2,1-9H3,(H,36,44)(H,37,42)(H,38,48);1-2H3;2*1H3. The van der Waals surface area contributed by atoms with Crippen LogP contribution < -0.4 is 16.0 Å². The number of Topliss-reactive ketones (excluding diaryl/α,β-unsaturated/α-hetero) is 1. The second-order valence-corrected chi connectivity index (χ2v) is 14.0.